The molecule has 2 fully saturated rings. The van der Waals surface area contributed by atoms with Crippen LogP contribution in [0.25, 0.3) is 0 Å². The molecule has 3 N–H and O–H groups in total. The summed E-state index contributed by atoms with van der Waals surface area (Å²) in [5.41, 5.74) is 1.74. The number of thioether (sulfide) groups is 1. The third-order valence-corrected chi connectivity index (χ3v) is 7.41. The number of aliphatic carboxylic acids is 1. The van der Waals surface area contributed by atoms with E-state index in [-0.39, 0.29) is 24.0 Å². The summed E-state index contributed by atoms with van der Waals surface area (Å²) >= 11 is 1.87. The van der Waals surface area contributed by atoms with E-state index in [2.05, 4.69) is 10.6 Å². The quantitative estimate of drug-likeness (QED) is 0.498. The number of hydrogen-bond donors (Lipinski definition) is 3. The summed E-state index contributed by atoms with van der Waals surface area (Å²) in [5.74, 6) is -0.131. The number of carbonyl (C=O) groups excluding carboxylic acids is 2. The van der Waals surface area contributed by atoms with Gasteiger partial charge in [0.25, 0.3) is 0 Å². The van der Waals surface area contributed by atoms with Gasteiger partial charge in [0.15, 0.2) is 6.04 Å². The monoisotopic (exact) mass is 403 g/mol. The fourth-order valence-corrected chi connectivity index (χ4v) is 6.05. The van der Waals surface area contributed by atoms with Gasteiger partial charge < -0.3 is 20.6 Å². The van der Waals surface area contributed by atoms with Crippen molar-refractivity contribution in [2.45, 2.75) is 55.5 Å². The zero-order valence-corrected chi connectivity index (χ0v) is 16.4. The Morgan fingerprint density at radius 2 is 2.04 bits per heavy atom. The van der Waals surface area contributed by atoms with Gasteiger partial charge in [0.2, 0.25) is 5.91 Å². The number of carbonyl (C=O) groups is 3. The van der Waals surface area contributed by atoms with Gasteiger partial charge in [0, 0.05) is 24.0 Å². The van der Waals surface area contributed by atoms with Crippen LogP contribution in [-0.4, -0.2) is 57.5 Å². The topological polar surface area (TPSA) is 98.7 Å². The van der Waals surface area contributed by atoms with Crippen molar-refractivity contribution in [3.63, 3.8) is 0 Å². The Morgan fingerprint density at radius 3 is 2.86 bits per heavy atom. The Hall–Kier alpha value is -2.22. The first-order valence-corrected chi connectivity index (χ1v) is 10.9. The molecule has 28 heavy (non-hydrogen) atoms. The van der Waals surface area contributed by atoms with Gasteiger partial charge in [-0.15, -0.1) is 0 Å². The second-order valence-corrected chi connectivity index (χ2v) is 8.92. The van der Waals surface area contributed by atoms with Crippen LogP contribution in [0.3, 0.4) is 0 Å². The smallest absolute Gasteiger partial charge is 0.331 e. The van der Waals surface area contributed by atoms with Gasteiger partial charge in [-0.3, -0.25) is 4.79 Å². The molecule has 150 valence electrons. The van der Waals surface area contributed by atoms with Crippen LogP contribution in [0.4, 0.5) is 4.79 Å². The number of unbranched alkanes of at least 4 members (excludes halogenated alkanes) is 1. The molecule has 0 saturated carbocycles. The summed E-state index contributed by atoms with van der Waals surface area (Å²) in [4.78, 5) is 37.5. The molecule has 3 amide bonds. The van der Waals surface area contributed by atoms with Crippen molar-refractivity contribution in [3.8, 4) is 0 Å². The van der Waals surface area contributed by atoms with E-state index in [0.717, 1.165) is 36.1 Å². The first-order chi connectivity index (χ1) is 13.5. The van der Waals surface area contributed by atoms with Gasteiger partial charge in [-0.1, -0.05) is 30.7 Å². The van der Waals surface area contributed by atoms with E-state index in [0.29, 0.717) is 24.6 Å². The summed E-state index contributed by atoms with van der Waals surface area (Å²) in [5, 5.41) is 16.0. The predicted molar refractivity (Wildman–Crippen MR) is 106 cm³/mol. The van der Waals surface area contributed by atoms with Crippen molar-refractivity contribution in [2.75, 3.05) is 12.3 Å². The lowest BCUT2D eigenvalue weighted by molar-refractivity contribution is -0.151. The lowest BCUT2D eigenvalue weighted by atomic mass is 9.92. The first kappa shape index (κ1) is 19.1. The van der Waals surface area contributed by atoms with Crippen molar-refractivity contribution in [3.05, 3.63) is 35.4 Å². The van der Waals surface area contributed by atoms with Gasteiger partial charge in [-0.05, 0) is 30.4 Å². The zero-order valence-electron chi connectivity index (χ0n) is 15.6. The molecule has 0 bridgehead atoms. The van der Waals surface area contributed by atoms with Gasteiger partial charge >= 0.3 is 12.0 Å². The van der Waals surface area contributed by atoms with E-state index in [4.69, 9.17) is 0 Å². The zero-order chi connectivity index (χ0) is 19.7. The van der Waals surface area contributed by atoms with Crippen molar-refractivity contribution in [1.29, 1.82) is 0 Å². The van der Waals surface area contributed by atoms with E-state index in [9.17, 15) is 19.5 Å². The molecule has 3 aliphatic rings. The Bertz CT molecular complexity index is 786. The second kappa shape index (κ2) is 8.03. The SMILES string of the molecule is O=C1N[C@H]2[C@H](CS[C@H]2CCCCC(=O)N2CCc3ccccc3C2C(=O)O)N1. The standard InChI is InChI=1S/C20H25N3O4S/c24-16(8-4-3-7-15-17-14(11-28-15)21-20(27)22-17)23-10-9-12-5-1-2-6-13(12)18(23)19(25)26/h1-2,5-6,14-15,17-18H,3-4,7-11H2,(H,25,26)(H2,21,22,27)/t14-,15-,17-,18?/m0/s1. The Labute approximate surface area is 168 Å². The molecule has 3 aliphatic heterocycles. The lowest BCUT2D eigenvalue weighted by Crippen LogP contribution is -2.43. The number of carboxylic acids is 1. The molecular formula is C20H25N3O4S. The number of rotatable bonds is 6. The van der Waals surface area contributed by atoms with E-state index >= 15 is 0 Å². The van der Waals surface area contributed by atoms with Crippen LogP contribution < -0.4 is 10.6 Å². The number of nitrogens with zero attached hydrogens (tertiary/aromatic N) is 1. The minimum absolute atomic E-state index is 0.0828. The molecule has 7 nitrogen and oxygen atoms in total. The van der Waals surface area contributed by atoms with E-state index in [1.165, 1.54) is 4.90 Å². The largest absolute Gasteiger partial charge is 0.479 e. The van der Waals surface area contributed by atoms with Crippen LogP contribution in [0.2, 0.25) is 0 Å². The number of carboxylic acid groups (broad SMARTS) is 1. The third-order valence-electron chi connectivity index (χ3n) is 5.91. The maximum absolute atomic E-state index is 12.7. The summed E-state index contributed by atoms with van der Waals surface area (Å²) in [6, 6.07) is 6.91. The van der Waals surface area contributed by atoms with Crippen LogP contribution in [-0.2, 0) is 16.0 Å². The number of urea groups is 1. The molecule has 4 rings (SSSR count). The lowest BCUT2D eigenvalue weighted by Gasteiger charge is -2.35. The van der Waals surface area contributed by atoms with Crippen molar-refractivity contribution in [2.24, 2.45) is 0 Å². The van der Waals surface area contributed by atoms with Crippen LogP contribution in [0, 0.1) is 0 Å². The Kier molecular flexibility index (Phi) is 5.48. The minimum atomic E-state index is -0.974. The molecule has 0 radical (unpaired) electrons. The molecule has 0 spiro atoms. The van der Waals surface area contributed by atoms with Gasteiger partial charge in [0.05, 0.1) is 12.1 Å². The Balaban J connectivity index is 1.29. The number of amides is 3. The maximum Gasteiger partial charge on any atom is 0.331 e. The molecule has 3 heterocycles. The van der Waals surface area contributed by atoms with Crippen LogP contribution in [0.1, 0.15) is 42.9 Å². The van der Waals surface area contributed by atoms with Gasteiger partial charge in [-0.2, -0.15) is 11.8 Å². The number of hydrogen-bond acceptors (Lipinski definition) is 4. The summed E-state index contributed by atoms with van der Waals surface area (Å²) in [6.45, 7) is 0.451. The third kappa shape index (κ3) is 3.70. The highest BCUT2D eigenvalue weighted by molar-refractivity contribution is 8.00. The molecule has 0 aromatic heterocycles. The number of fused-ring (bicyclic) bond motifs is 2. The molecule has 0 aliphatic carbocycles. The summed E-state index contributed by atoms with van der Waals surface area (Å²) in [6.07, 6.45) is 3.64. The molecule has 1 aromatic carbocycles. The van der Waals surface area contributed by atoms with E-state index in [1.54, 1.807) is 0 Å². The number of benzene rings is 1. The van der Waals surface area contributed by atoms with E-state index < -0.39 is 12.0 Å². The molecule has 4 atom stereocenters. The average molecular weight is 404 g/mol. The number of nitrogens with one attached hydrogen (secondary N) is 2. The minimum Gasteiger partial charge on any atom is -0.479 e. The highest BCUT2D eigenvalue weighted by Crippen LogP contribution is 2.34. The molecule has 8 heteroatoms. The summed E-state index contributed by atoms with van der Waals surface area (Å²) < 4.78 is 0. The fraction of sp³-hybridized carbons (Fsp3) is 0.550. The van der Waals surface area contributed by atoms with Crippen LogP contribution in [0.15, 0.2) is 24.3 Å². The first-order valence-electron chi connectivity index (χ1n) is 9.83. The maximum atomic E-state index is 12.7. The highest BCUT2D eigenvalue weighted by Gasteiger charge is 2.42. The molecular weight excluding hydrogens is 378 g/mol. The normalized spacial score (nSPS) is 28.3. The van der Waals surface area contributed by atoms with Crippen molar-refractivity contribution in [1.82, 2.24) is 15.5 Å². The van der Waals surface area contributed by atoms with Crippen molar-refractivity contribution >= 4 is 29.7 Å². The average Bonchev–Trinajstić information content (AvgIpc) is 3.23. The molecule has 1 aromatic rings. The van der Waals surface area contributed by atoms with Crippen molar-refractivity contribution < 1.29 is 19.5 Å². The predicted octanol–water partition coefficient (Wildman–Crippen LogP) is 1.92. The van der Waals surface area contributed by atoms with Gasteiger partial charge in [-0.25, -0.2) is 9.59 Å². The highest BCUT2D eigenvalue weighted by atomic mass is 32.2. The molecule has 2 saturated heterocycles. The molecule has 1 unspecified atom stereocenters. The van der Waals surface area contributed by atoms with Crippen LogP contribution in [0.5, 0.6) is 0 Å². The second-order valence-electron chi connectivity index (χ2n) is 7.64. The fourth-order valence-electron chi connectivity index (χ4n) is 4.51. The van der Waals surface area contributed by atoms with Gasteiger partial charge in [0.1, 0.15) is 0 Å². The van der Waals surface area contributed by atoms with E-state index in [1.807, 2.05) is 36.0 Å². The van der Waals surface area contributed by atoms with Crippen LogP contribution >= 0.6 is 11.8 Å². The summed E-state index contributed by atoms with van der Waals surface area (Å²) in [7, 11) is 0. The Morgan fingerprint density at radius 1 is 1.21 bits per heavy atom.